The van der Waals surface area contributed by atoms with E-state index in [1.165, 1.54) is 44.9 Å². The van der Waals surface area contributed by atoms with Crippen LogP contribution in [0.2, 0.25) is 0 Å². The van der Waals surface area contributed by atoms with Crippen LogP contribution >= 0.6 is 0 Å². The van der Waals surface area contributed by atoms with Crippen LogP contribution in [-0.2, 0) is 0 Å². The Morgan fingerprint density at radius 1 is 1.22 bits per heavy atom. The van der Waals surface area contributed by atoms with Gasteiger partial charge in [0.05, 0.1) is 0 Å². The highest BCUT2D eigenvalue weighted by atomic mass is 19.1. The minimum Gasteiger partial charge on any atom is -0.311 e. The molecule has 106 valence electrons. The molecule has 1 aliphatic carbocycles. The molecule has 2 fully saturated rings. The summed E-state index contributed by atoms with van der Waals surface area (Å²) in [6, 6.07) is 1.18. The lowest BCUT2D eigenvalue weighted by Gasteiger charge is -2.43. The van der Waals surface area contributed by atoms with Gasteiger partial charge in [0, 0.05) is 31.7 Å². The Bertz CT molecular complexity index is 224. The van der Waals surface area contributed by atoms with E-state index in [9.17, 15) is 4.39 Å². The Balaban J connectivity index is 1.87. The van der Waals surface area contributed by atoms with Crippen LogP contribution in [0.1, 0.15) is 51.9 Å². The third-order valence-corrected chi connectivity index (χ3v) is 4.78. The zero-order valence-electron chi connectivity index (χ0n) is 11.8. The van der Waals surface area contributed by atoms with E-state index in [0.717, 1.165) is 19.0 Å². The number of nitrogens with one attached hydrogen (secondary N) is 1. The lowest BCUT2D eigenvalue weighted by Crippen LogP contribution is -2.59. The van der Waals surface area contributed by atoms with Gasteiger partial charge in [-0.05, 0) is 25.2 Å². The van der Waals surface area contributed by atoms with Gasteiger partial charge in [0.25, 0.3) is 0 Å². The van der Waals surface area contributed by atoms with Crippen LogP contribution in [0.4, 0.5) is 4.39 Å². The molecule has 2 atom stereocenters. The monoisotopic (exact) mass is 256 g/mol. The molecule has 1 aliphatic heterocycles. The molecular weight excluding hydrogens is 227 g/mol. The van der Waals surface area contributed by atoms with Crippen molar-refractivity contribution in [2.45, 2.75) is 64.0 Å². The van der Waals surface area contributed by atoms with Gasteiger partial charge in [-0.15, -0.1) is 0 Å². The summed E-state index contributed by atoms with van der Waals surface area (Å²) in [4.78, 5) is 2.40. The predicted octanol–water partition coefficient (Wildman–Crippen LogP) is 2.98. The van der Waals surface area contributed by atoms with Crippen molar-refractivity contribution in [2.24, 2.45) is 5.92 Å². The lowest BCUT2D eigenvalue weighted by atomic mass is 9.82. The minimum absolute atomic E-state index is 0.197. The first kappa shape index (κ1) is 14.3. The Kier molecular flexibility index (Phi) is 5.90. The van der Waals surface area contributed by atoms with Crippen molar-refractivity contribution in [1.82, 2.24) is 10.2 Å². The van der Waals surface area contributed by atoms with Gasteiger partial charge in [0.2, 0.25) is 0 Å². The lowest BCUT2D eigenvalue weighted by molar-refractivity contribution is 0.0851. The van der Waals surface area contributed by atoms with E-state index in [-0.39, 0.29) is 6.67 Å². The zero-order chi connectivity index (χ0) is 12.8. The van der Waals surface area contributed by atoms with E-state index in [1.54, 1.807) is 0 Å². The summed E-state index contributed by atoms with van der Waals surface area (Å²) in [6.45, 7) is 4.79. The van der Waals surface area contributed by atoms with E-state index >= 15 is 0 Å². The molecule has 1 saturated heterocycles. The quantitative estimate of drug-likeness (QED) is 0.813. The number of hydrogen-bond donors (Lipinski definition) is 1. The molecule has 2 unspecified atom stereocenters. The highest BCUT2D eigenvalue weighted by Gasteiger charge is 2.31. The van der Waals surface area contributed by atoms with E-state index in [4.69, 9.17) is 0 Å². The average Bonchev–Trinajstić information content (AvgIpc) is 2.42. The second kappa shape index (κ2) is 7.44. The largest absolute Gasteiger partial charge is 0.311 e. The van der Waals surface area contributed by atoms with E-state index in [2.05, 4.69) is 17.1 Å². The molecule has 0 aromatic heterocycles. The summed E-state index contributed by atoms with van der Waals surface area (Å²) in [5.74, 6) is 0.837. The first-order valence-corrected chi connectivity index (χ1v) is 7.88. The van der Waals surface area contributed by atoms with Crippen molar-refractivity contribution in [3.8, 4) is 0 Å². The summed E-state index contributed by atoms with van der Waals surface area (Å²) in [5, 5.41) is 3.75. The van der Waals surface area contributed by atoms with E-state index in [1.807, 2.05) is 0 Å². The van der Waals surface area contributed by atoms with Gasteiger partial charge >= 0.3 is 0 Å². The fourth-order valence-corrected chi connectivity index (χ4v) is 3.74. The first-order valence-electron chi connectivity index (χ1n) is 7.88. The maximum absolute atomic E-state index is 12.7. The molecule has 1 saturated carbocycles. The van der Waals surface area contributed by atoms with Crippen LogP contribution in [-0.4, -0.2) is 43.3 Å². The van der Waals surface area contributed by atoms with Crippen LogP contribution in [0.25, 0.3) is 0 Å². The van der Waals surface area contributed by atoms with Gasteiger partial charge in [0.1, 0.15) is 6.67 Å². The van der Waals surface area contributed by atoms with E-state index < -0.39 is 0 Å². The molecule has 0 radical (unpaired) electrons. The first-order chi connectivity index (χ1) is 8.85. The predicted molar refractivity (Wildman–Crippen MR) is 74.6 cm³/mol. The fourth-order valence-electron chi connectivity index (χ4n) is 3.74. The molecule has 0 aromatic carbocycles. The van der Waals surface area contributed by atoms with Gasteiger partial charge in [-0.2, -0.15) is 0 Å². The van der Waals surface area contributed by atoms with Crippen molar-refractivity contribution in [3.63, 3.8) is 0 Å². The number of rotatable bonds is 5. The van der Waals surface area contributed by atoms with Crippen molar-refractivity contribution in [1.29, 1.82) is 0 Å². The van der Waals surface area contributed by atoms with Crippen LogP contribution in [0.5, 0.6) is 0 Å². The molecule has 1 N–H and O–H groups in total. The van der Waals surface area contributed by atoms with Crippen LogP contribution in [0, 0.1) is 5.92 Å². The Morgan fingerprint density at radius 2 is 2.00 bits per heavy atom. The van der Waals surface area contributed by atoms with Gasteiger partial charge < -0.3 is 5.32 Å². The second-order valence-corrected chi connectivity index (χ2v) is 6.04. The third kappa shape index (κ3) is 3.67. The van der Waals surface area contributed by atoms with Crippen molar-refractivity contribution >= 4 is 0 Å². The maximum Gasteiger partial charge on any atom is 0.102 e. The molecule has 0 amide bonds. The standard InChI is InChI=1S/C15H29FN2/c1-2-6-14-11-17-15(12-18(14)10-9-16)13-7-4-3-5-8-13/h13-15,17H,2-12H2,1H3. The number of hydrogen-bond acceptors (Lipinski definition) is 2. The van der Waals surface area contributed by atoms with E-state index in [0.29, 0.717) is 18.6 Å². The summed E-state index contributed by atoms with van der Waals surface area (Å²) in [5.41, 5.74) is 0. The topological polar surface area (TPSA) is 15.3 Å². The maximum atomic E-state index is 12.7. The van der Waals surface area contributed by atoms with Crippen molar-refractivity contribution in [2.75, 3.05) is 26.3 Å². The van der Waals surface area contributed by atoms with Gasteiger partial charge in [-0.3, -0.25) is 4.90 Å². The third-order valence-electron chi connectivity index (χ3n) is 4.78. The van der Waals surface area contributed by atoms with Crippen LogP contribution < -0.4 is 5.32 Å². The molecular formula is C15H29FN2. The van der Waals surface area contributed by atoms with Crippen LogP contribution in [0.15, 0.2) is 0 Å². The van der Waals surface area contributed by atoms with Crippen molar-refractivity contribution in [3.05, 3.63) is 0 Å². The normalized spacial score (nSPS) is 31.7. The zero-order valence-corrected chi connectivity index (χ0v) is 11.8. The van der Waals surface area contributed by atoms with Gasteiger partial charge in [-0.1, -0.05) is 32.6 Å². The summed E-state index contributed by atoms with van der Waals surface area (Å²) < 4.78 is 12.7. The second-order valence-electron chi connectivity index (χ2n) is 6.04. The Hall–Kier alpha value is -0.150. The minimum atomic E-state index is -0.197. The van der Waals surface area contributed by atoms with Crippen molar-refractivity contribution < 1.29 is 4.39 Å². The number of piperazine rings is 1. The molecule has 3 heteroatoms. The highest BCUT2D eigenvalue weighted by molar-refractivity contribution is 4.90. The average molecular weight is 256 g/mol. The van der Waals surface area contributed by atoms with Crippen LogP contribution in [0.3, 0.4) is 0 Å². The number of halogens is 1. The molecule has 0 aromatic rings. The smallest absolute Gasteiger partial charge is 0.102 e. The molecule has 2 nitrogen and oxygen atoms in total. The molecule has 0 spiro atoms. The van der Waals surface area contributed by atoms with Gasteiger partial charge in [-0.25, -0.2) is 4.39 Å². The molecule has 2 aliphatic rings. The summed E-state index contributed by atoms with van der Waals surface area (Å²) in [6.07, 6.45) is 9.34. The fraction of sp³-hybridized carbons (Fsp3) is 1.00. The summed E-state index contributed by atoms with van der Waals surface area (Å²) in [7, 11) is 0. The van der Waals surface area contributed by atoms with Gasteiger partial charge in [0.15, 0.2) is 0 Å². The summed E-state index contributed by atoms with van der Waals surface area (Å²) >= 11 is 0. The Morgan fingerprint density at radius 3 is 2.67 bits per heavy atom. The molecule has 0 bridgehead atoms. The SMILES string of the molecule is CCCC1CNC(C2CCCCC2)CN1CCF. The molecule has 1 heterocycles. The molecule has 18 heavy (non-hydrogen) atoms. The number of alkyl halides is 1. The number of nitrogens with zero attached hydrogens (tertiary/aromatic N) is 1. The Labute approximate surface area is 111 Å². The molecule has 2 rings (SSSR count). The highest BCUT2D eigenvalue weighted by Crippen LogP contribution is 2.28.